The first-order chi connectivity index (χ1) is 9.58. The van der Waals surface area contributed by atoms with E-state index in [1.165, 1.54) is 11.1 Å². The van der Waals surface area contributed by atoms with Crippen molar-refractivity contribution in [3.8, 4) is 0 Å². The smallest absolute Gasteiger partial charge is 0.228 e. The Morgan fingerprint density at radius 3 is 2.25 bits per heavy atom. The second-order valence-corrected chi connectivity index (χ2v) is 5.04. The quantitative estimate of drug-likeness (QED) is 0.895. The van der Waals surface area contributed by atoms with Crippen LogP contribution < -0.4 is 11.1 Å². The van der Waals surface area contributed by atoms with E-state index in [4.69, 9.17) is 5.73 Å². The first-order valence-electron chi connectivity index (χ1n) is 6.73. The number of benzene rings is 2. The lowest BCUT2D eigenvalue weighted by atomic mass is 10.0. The summed E-state index contributed by atoms with van der Waals surface area (Å²) in [6.45, 7) is 4.64. The summed E-state index contributed by atoms with van der Waals surface area (Å²) in [6.07, 6.45) is 0.389. The molecule has 2 rings (SSSR count). The highest BCUT2D eigenvalue weighted by molar-refractivity contribution is 5.92. The molecule has 1 amide bonds. The fourth-order valence-corrected chi connectivity index (χ4v) is 2.03. The predicted molar refractivity (Wildman–Crippen MR) is 82.6 cm³/mol. The molecule has 0 atom stereocenters. The van der Waals surface area contributed by atoms with Gasteiger partial charge in [-0.05, 0) is 48.2 Å². The number of nitrogens with one attached hydrogen (secondary N) is 1. The van der Waals surface area contributed by atoms with Gasteiger partial charge in [-0.1, -0.05) is 30.3 Å². The molecule has 3 heteroatoms. The molecule has 2 aromatic rings. The highest BCUT2D eigenvalue weighted by Gasteiger charge is 2.05. The van der Waals surface area contributed by atoms with E-state index in [1.807, 2.05) is 36.4 Å². The molecular weight excluding hydrogens is 248 g/mol. The van der Waals surface area contributed by atoms with Crippen LogP contribution in [0.5, 0.6) is 0 Å². The molecule has 3 N–H and O–H groups in total. The van der Waals surface area contributed by atoms with Gasteiger partial charge < -0.3 is 11.1 Å². The Labute approximate surface area is 119 Å². The average molecular weight is 268 g/mol. The van der Waals surface area contributed by atoms with Crippen molar-refractivity contribution in [3.63, 3.8) is 0 Å². The van der Waals surface area contributed by atoms with Crippen LogP contribution in [-0.2, 0) is 17.8 Å². The second-order valence-electron chi connectivity index (χ2n) is 5.04. The summed E-state index contributed by atoms with van der Waals surface area (Å²) >= 11 is 0. The Morgan fingerprint density at radius 2 is 1.65 bits per heavy atom. The Kier molecular flexibility index (Phi) is 4.53. The summed E-state index contributed by atoms with van der Waals surface area (Å²) in [7, 11) is 0. The number of hydrogen-bond acceptors (Lipinski definition) is 2. The third-order valence-electron chi connectivity index (χ3n) is 3.41. The van der Waals surface area contributed by atoms with Crippen molar-refractivity contribution in [1.29, 1.82) is 0 Å². The van der Waals surface area contributed by atoms with Gasteiger partial charge in [0.2, 0.25) is 5.91 Å². The molecule has 0 fully saturated rings. The van der Waals surface area contributed by atoms with Gasteiger partial charge in [0.25, 0.3) is 0 Å². The lowest BCUT2D eigenvalue weighted by molar-refractivity contribution is -0.115. The molecule has 3 nitrogen and oxygen atoms in total. The number of anilines is 1. The lowest BCUT2D eigenvalue weighted by Gasteiger charge is -2.07. The van der Waals surface area contributed by atoms with Crippen LogP contribution in [-0.4, -0.2) is 5.91 Å². The van der Waals surface area contributed by atoms with Gasteiger partial charge in [-0.2, -0.15) is 0 Å². The molecule has 0 aliphatic heterocycles. The monoisotopic (exact) mass is 268 g/mol. The Morgan fingerprint density at radius 1 is 1.00 bits per heavy atom. The molecular formula is C17H20N2O. The maximum absolute atomic E-state index is 12.0. The molecule has 0 aliphatic carbocycles. The SMILES string of the molecule is Cc1ccc(CC(=O)Nc2ccc(CN)cc2)cc1C. The van der Waals surface area contributed by atoms with Crippen LogP contribution in [0, 0.1) is 13.8 Å². The van der Waals surface area contributed by atoms with E-state index in [-0.39, 0.29) is 5.91 Å². The minimum atomic E-state index is -0.00579. The van der Waals surface area contributed by atoms with Crippen LogP contribution in [0.4, 0.5) is 5.69 Å². The molecule has 20 heavy (non-hydrogen) atoms. The number of carbonyl (C=O) groups excluding carboxylic acids is 1. The summed E-state index contributed by atoms with van der Waals surface area (Å²) < 4.78 is 0. The molecule has 0 heterocycles. The summed E-state index contributed by atoms with van der Waals surface area (Å²) in [6, 6.07) is 13.7. The third kappa shape index (κ3) is 3.68. The van der Waals surface area contributed by atoms with Crippen molar-refractivity contribution in [2.75, 3.05) is 5.32 Å². The first-order valence-corrected chi connectivity index (χ1v) is 6.73. The number of aryl methyl sites for hydroxylation is 2. The molecule has 0 aliphatic rings. The molecule has 0 radical (unpaired) electrons. The van der Waals surface area contributed by atoms with E-state index < -0.39 is 0 Å². The van der Waals surface area contributed by atoms with Crippen LogP contribution in [0.3, 0.4) is 0 Å². The van der Waals surface area contributed by atoms with Crippen molar-refractivity contribution in [2.24, 2.45) is 5.73 Å². The van der Waals surface area contributed by atoms with Crippen molar-refractivity contribution in [2.45, 2.75) is 26.8 Å². The highest BCUT2D eigenvalue weighted by Crippen LogP contribution is 2.12. The van der Waals surface area contributed by atoms with E-state index in [9.17, 15) is 4.79 Å². The van der Waals surface area contributed by atoms with E-state index in [1.54, 1.807) is 0 Å². The molecule has 2 aromatic carbocycles. The van der Waals surface area contributed by atoms with Crippen molar-refractivity contribution in [3.05, 3.63) is 64.7 Å². The van der Waals surface area contributed by atoms with Crippen LogP contribution in [0.2, 0.25) is 0 Å². The van der Waals surface area contributed by atoms with Crippen molar-refractivity contribution < 1.29 is 4.79 Å². The molecule has 0 aromatic heterocycles. The van der Waals surface area contributed by atoms with Crippen molar-refractivity contribution in [1.82, 2.24) is 0 Å². The van der Waals surface area contributed by atoms with Crippen LogP contribution >= 0.6 is 0 Å². The van der Waals surface area contributed by atoms with Gasteiger partial charge in [0.15, 0.2) is 0 Å². The summed E-state index contributed by atoms with van der Waals surface area (Å²) in [4.78, 5) is 12.0. The fraction of sp³-hybridized carbons (Fsp3) is 0.235. The third-order valence-corrected chi connectivity index (χ3v) is 3.41. The molecule has 0 spiro atoms. The molecule has 0 saturated heterocycles. The average Bonchev–Trinajstić information content (AvgIpc) is 2.44. The van der Waals surface area contributed by atoms with E-state index in [0.717, 1.165) is 16.8 Å². The summed E-state index contributed by atoms with van der Waals surface area (Å²) in [5.74, 6) is -0.00579. The fourth-order valence-electron chi connectivity index (χ4n) is 2.03. The number of amides is 1. The zero-order valence-corrected chi connectivity index (χ0v) is 11.9. The van der Waals surface area contributed by atoms with E-state index in [0.29, 0.717) is 13.0 Å². The molecule has 0 saturated carbocycles. The Balaban J connectivity index is 1.99. The van der Waals surface area contributed by atoms with Gasteiger partial charge >= 0.3 is 0 Å². The van der Waals surface area contributed by atoms with Gasteiger partial charge in [0.05, 0.1) is 6.42 Å². The Hall–Kier alpha value is -2.13. The first kappa shape index (κ1) is 14.3. The number of rotatable bonds is 4. The topological polar surface area (TPSA) is 55.1 Å². The van der Waals surface area contributed by atoms with Gasteiger partial charge in [-0.15, -0.1) is 0 Å². The standard InChI is InChI=1S/C17H20N2O/c1-12-3-4-15(9-13(12)2)10-17(20)19-16-7-5-14(11-18)6-8-16/h3-9H,10-11,18H2,1-2H3,(H,19,20). The summed E-state index contributed by atoms with van der Waals surface area (Å²) in [5, 5.41) is 2.90. The molecule has 0 bridgehead atoms. The number of nitrogens with two attached hydrogens (primary N) is 1. The summed E-state index contributed by atoms with van der Waals surface area (Å²) in [5.41, 5.74) is 10.9. The van der Waals surface area contributed by atoms with Crippen molar-refractivity contribution >= 4 is 11.6 Å². The maximum atomic E-state index is 12.0. The Bertz CT molecular complexity index is 603. The molecule has 0 unspecified atom stereocenters. The lowest BCUT2D eigenvalue weighted by Crippen LogP contribution is -2.14. The highest BCUT2D eigenvalue weighted by atomic mass is 16.1. The largest absolute Gasteiger partial charge is 0.326 e. The number of hydrogen-bond donors (Lipinski definition) is 2. The maximum Gasteiger partial charge on any atom is 0.228 e. The van der Waals surface area contributed by atoms with Gasteiger partial charge in [0.1, 0.15) is 0 Å². The zero-order chi connectivity index (χ0) is 14.5. The molecule has 104 valence electrons. The number of carbonyl (C=O) groups is 1. The predicted octanol–water partition coefficient (Wildman–Crippen LogP) is 2.94. The van der Waals surface area contributed by atoms with Crippen LogP contribution in [0.15, 0.2) is 42.5 Å². The minimum absolute atomic E-state index is 0.00579. The minimum Gasteiger partial charge on any atom is -0.326 e. The van der Waals surface area contributed by atoms with E-state index >= 15 is 0 Å². The van der Waals surface area contributed by atoms with Gasteiger partial charge in [-0.3, -0.25) is 4.79 Å². The van der Waals surface area contributed by atoms with Crippen LogP contribution in [0.1, 0.15) is 22.3 Å². The van der Waals surface area contributed by atoms with Gasteiger partial charge in [0, 0.05) is 12.2 Å². The normalized spacial score (nSPS) is 10.3. The second kappa shape index (κ2) is 6.35. The zero-order valence-electron chi connectivity index (χ0n) is 11.9. The van der Waals surface area contributed by atoms with Crippen LogP contribution in [0.25, 0.3) is 0 Å². The van der Waals surface area contributed by atoms with E-state index in [2.05, 4.69) is 25.2 Å². The van der Waals surface area contributed by atoms with Gasteiger partial charge in [-0.25, -0.2) is 0 Å².